The van der Waals surface area contributed by atoms with Gasteiger partial charge in [0, 0.05) is 226 Å². The number of hydrogen-bond acceptors (Lipinski definition) is 16. The first kappa shape index (κ1) is 94.2. The lowest BCUT2D eigenvalue weighted by atomic mass is 9.99. The number of hydrogen-bond donors (Lipinski definition) is 4. The Morgan fingerprint density at radius 1 is 0.319 bits per heavy atom. The van der Waals surface area contributed by atoms with Crippen molar-refractivity contribution in [2.24, 2.45) is 0 Å². The van der Waals surface area contributed by atoms with E-state index in [1.807, 2.05) is 183 Å². The molecule has 4 N–H and O–H groups in total. The number of aryl methyl sites for hydroxylation is 2. The molecule has 0 spiro atoms. The number of aromatic nitrogens is 12. The minimum Gasteiger partial charge on any atom is -0.351 e. The van der Waals surface area contributed by atoms with Gasteiger partial charge < -0.3 is 40.9 Å². The Kier molecular flexibility index (Phi) is 29.9. The number of nitrogens with zero attached hydrogens (tertiary/aromatic N) is 16. The summed E-state index contributed by atoms with van der Waals surface area (Å²) in [6.07, 6.45) is 29.7. The lowest BCUT2D eigenvalue weighted by molar-refractivity contribution is -0.128. The summed E-state index contributed by atoms with van der Waals surface area (Å²) in [5, 5.41) is 12.4. The van der Waals surface area contributed by atoms with Crippen molar-refractivity contribution < 1.29 is 47.1 Å². The molecule has 4 saturated heterocycles. The lowest BCUT2D eigenvalue weighted by Gasteiger charge is -2.15. The largest absolute Gasteiger partial charge is 0.351 e. The Balaban J connectivity index is 0.000000127. The molecule has 4 aliphatic rings. The van der Waals surface area contributed by atoms with Gasteiger partial charge in [-0.2, -0.15) is 0 Å². The van der Waals surface area contributed by atoms with E-state index < -0.39 is 5.82 Å². The van der Waals surface area contributed by atoms with Crippen LogP contribution in [0.5, 0.6) is 0 Å². The Labute approximate surface area is 804 Å². The van der Waals surface area contributed by atoms with Crippen LogP contribution in [-0.4, -0.2) is 203 Å². The summed E-state index contributed by atoms with van der Waals surface area (Å²) in [6, 6.07) is 55.9. The van der Waals surface area contributed by atoms with Gasteiger partial charge in [-0.15, -0.1) is 0 Å². The zero-order chi connectivity index (χ0) is 95.7. The molecule has 4 aliphatic heterocycles. The van der Waals surface area contributed by atoms with Gasteiger partial charge in [-0.1, -0.05) is 95.0 Å². The van der Waals surface area contributed by atoms with E-state index >= 15 is 0 Å². The van der Waals surface area contributed by atoms with Gasteiger partial charge in [0.2, 0.25) is 23.6 Å². The van der Waals surface area contributed by atoms with Gasteiger partial charge >= 0.3 is 0 Å². The third-order valence-corrected chi connectivity index (χ3v) is 25.2. The molecule has 700 valence electrons. The molecule has 0 unspecified atom stereocenters. The number of likely N-dealkylation sites (tertiary alicyclic amines) is 4. The third-order valence-electron chi connectivity index (χ3n) is 24.6. The summed E-state index contributed by atoms with van der Waals surface area (Å²) in [5.41, 5.74) is 19.5. The molecule has 8 amide bonds. The van der Waals surface area contributed by atoms with Crippen LogP contribution in [0.1, 0.15) is 130 Å². The van der Waals surface area contributed by atoms with Crippen LogP contribution in [0.25, 0.3) is 112 Å². The normalized spacial score (nSPS) is 13.6. The van der Waals surface area contributed by atoms with Crippen molar-refractivity contribution in [3.63, 3.8) is 0 Å². The van der Waals surface area contributed by atoms with Crippen molar-refractivity contribution in [2.75, 3.05) is 78.5 Å². The van der Waals surface area contributed by atoms with Gasteiger partial charge in [-0.05, 0) is 187 Å². The maximum Gasteiger partial charge on any atom is 0.269 e. The quantitative estimate of drug-likeness (QED) is 0.0331. The van der Waals surface area contributed by atoms with Crippen molar-refractivity contribution in [2.45, 2.75) is 90.9 Å². The van der Waals surface area contributed by atoms with Crippen molar-refractivity contribution in [3.05, 3.63) is 312 Å². The molecule has 0 atom stereocenters. The first-order chi connectivity index (χ1) is 67.2. The van der Waals surface area contributed by atoms with E-state index in [0.717, 1.165) is 137 Å². The molecule has 12 aromatic heterocycles. The van der Waals surface area contributed by atoms with E-state index in [9.17, 15) is 47.1 Å². The van der Waals surface area contributed by atoms with Crippen molar-refractivity contribution in [1.82, 2.24) is 98.3 Å². The van der Waals surface area contributed by atoms with Crippen LogP contribution in [-0.2, 0) is 19.2 Å². The topological polar surface area (TPSA) is 318 Å². The highest BCUT2D eigenvalue weighted by molar-refractivity contribution is 6.31. The molecular formula is C106H100Cl2F2N20O8. The first-order valence-electron chi connectivity index (χ1n) is 46.2. The third kappa shape index (κ3) is 22.2. The first-order valence-corrected chi connectivity index (χ1v) is 47.0. The van der Waals surface area contributed by atoms with E-state index in [1.165, 1.54) is 17.7 Å². The van der Waals surface area contributed by atoms with Crippen LogP contribution >= 0.6 is 23.2 Å². The molecule has 16 heterocycles. The minimum atomic E-state index is -0.490. The Hall–Kier alpha value is -15.6. The Morgan fingerprint density at radius 2 is 0.630 bits per heavy atom. The number of nitrogens with one attached hydrogen (secondary N) is 4. The highest BCUT2D eigenvalue weighted by Gasteiger charge is 2.27. The summed E-state index contributed by atoms with van der Waals surface area (Å²) >= 11 is 12.2. The van der Waals surface area contributed by atoms with E-state index in [-0.39, 0.29) is 58.1 Å². The Morgan fingerprint density at radius 3 is 0.964 bits per heavy atom. The summed E-state index contributed by atoms with van der Waals surface area (Å²) in [7, 11) is 0. The number of pyridine rings is 8. The van der Waals surface area contributed by atoms with Gasteiger partial charge in [-0.25, -0.2) is 28.7 Å². The second-order valence-corrected chi connectivity index (χ2v) is 35.0. The molecule has 16 aromatic rings. The average Bonchev–Trinajstić information content (AvgIpc) is 1.71. The van der Waals surface area contributed by atoms with Crippen LogP contribution in [0.15, 0.2) is 256 Å². The molecule has 20 rings (SSSR count). The molecule has 4 aromatic carbocycles. The predicted molar refractivity (Wildman–Crippen MR) is 526 cm³/mol. The zero-order valence-electron chi connectivity index (χ0n) is 76.2. The number of halogens is 4. The molecule has 0 aliphatic carbocycles. The zero-order valence-corrected chi connectivity index (χ0v) is 77.7. The van der Waals surface area contributed by atoms with Crippen LogP contribution in [0, 0.1) is 25.5 Å². The van der Waals surface area contributed by atoms with Crippen LogP contribution < -0.4 is 21.3 Å². The van der Waals surface area contributed by atoms with Gasteiger partial charge in [0.15, 0.2) is 0 Å². The number of rotatable bonds is 28. The SMILES string of the molecule is Cc1ccc(F)c(-c2ncccc2-c2ccc3ncc(C(=O)NCCCN4CCCC4=O)n3c2)c1.Cc1cccc(-c2ncccc2-c2ccc3ncc(C(=O)NCCCN4CCCC4=O)n3c2)c1.O=C(NCCCN1CCCC1=O)c1cnc2ccc(-c3cccnc3-c3ccc(F)c(Cl)c3)cn12.O=C(NCCCN1CCCC1=O)c1cnc2ccc(-c3cccnc3-c3cccc(Cl)c3)cn12. The average molecular weight is 1890 g/mol. The maximum atomic E-state index is 14.7. The van der Waals surface area contributed by atoms with Crippen molar-refractivity contribution >= 4 is 93.0 Å². The fourth-order valence-corrected chi connectivity index (χ4v) is 18.0. The molecular weight excluding hydrogens is 1790 g/mol. The van der Waals surface area contributed by atoms with E-state index in [0.29, 0.717) is 164 Å². The second kappa shape index (κ2) is 43.8. The van der Waals surface area contributed by atoms with Crippen LogP contribution in [0.4, 0.5) is 8.78 Å². The molecule has 32 heteroatoms. The second-order valence-electron chi connectivity index (χ2n) is 34.1. The summed E-state index contributed by atoms with van der Waals surface area (Å²) in [6.45, 7) is 11.8. The number of imidazole rings is 4. The minimum absolute atomic E-state index is 0.0252. The van der Waals surface area contributed by atoms with Gasteiger partial charge in [0.1, 0.15) is 57.0 Å². The number of carbonyl (C=O) groups is 8. The smallest absolute Gasteiger partial charge is 0.269 e. The molecule has 0 radical (unpaired) electrons. The Bertz CT molecular complexity index is 7050. The number of benzene rings is 4. The summed E-state index contributed by atoms with van der Waals surface area (Å²) in [5.74, 6) is -0.896. The maximum absolute atomic E-state index is 14.7. The number of carbonyl (C=O) groups excluding carboxylic acids is 8. The summed E-state index contributed by atoms with van der Waals surface area (Å²) < 4.78 is 35.4. The standard InChI is InChI=1S/C27H26FN5O2.C27H27N5O2.C26H23ClFN5O2.C26H24ClN5O2/c1-18-7-9-22(28)21(15-18)26-20(5-2-11-29-26)19-8-10-24-31-16-23(33(24)17-19)27(35)30-12-4-14-32-13-3-6-25(32)34;1-19-6-2-7-20(16-19)26-22(8-3-12-28-26)21-10-11-24-30-17-23(32(24)18-21)27(34)29-13-5-15-31-14-4-9-25(31)33;27-20-14-17(6-8-21(20)28)25-19(4-1-10-29-25)18-7-9-23-31-15-22(33(23)16-18)26(35)30-11-3-13-32-12-2-5-24(32)34;27-20-6-1-5-18(15-20)25-21(7-2-11-28-25)19-9-10-23-30-16-22(32(23)17-19)26(34)29-12-4-14-31-13-3-8-24(31)33/h2,5,7-11,15-17H,3-4,6,12-14H2,1H3,(H,30,35);2-3,6-8,10-12,16-18H,4-5,9,13-15H2,1H3,(H,29,34);1,4,6-10,14-16H,2-3,5,11-13H2,(H,30,35);1-2,5-7,9-11,15-17H,3-4,8,12-14H2,(H,29,34). The van der Waals surface area contributed by atoms with E-state index in [4.69, 9.17) is 23.2 Å². The fourth-order valence-electron chi connectivity index (χ4n) is 17.6. The van der Waals surface area contributed by atoms with E-state index in [2.05, 4.69) is 86.3 Å². The number of fused-ring (bicyclic) bond motifs is 4. The highest BCUT2D eigenvalue weighted by Crippen LogP contribution is 2.38. The van der Waals surface area contributed by atoms with E-state index in [1.54, 1.807) is 87.0 Å². The highest BCUT2D eigenvalue weighted by atomic mass is 35.5. The molecule has 4 fully saturated rings. The monoisotopic (exact) mass is 1890 g/mol. The lowest BCUT2D eigenvalue weighted by Crippen LogP contribution is -2.31. The van der Waals surface area contributed by atoms with Crippen LogP contribution in [0.3, 0.4) is 0 Å². The predicted octanol–water partition coefficient (Wildman–Crippen LogP) is 17.4. The summed E-state index contributed by atoms with van der Waals surface area (Å²) in [4.78, 5) is 142. The molecule has 28 nitrogen and oxygen atoms in total. The molecule has 138 heavy (non-hydrogen) atoms. The van der Waals surface area contributed by atoms with Crippen LogP contribution in [0.2, 0.25) is 10.0 Å². The number of amides is 8. The fraction of sp³-hybridized carbons (Fsp3) is 0.245. The van der Waals surface area contributed by atoms with Gasteiger partial charge in [0.25, 0.3) is 23.6 Å². The molecule has 0 bridgehead atoms. The molecule has 0 saturated carbocycles. The van der Waals surface area contributed by atoms with Gasteiger partial charge in [0.05, 0.1) is 52.6 Å². The van der Waals surface area contributed by atoms with Crippen molar-refractivity contribution in [1.29, 1.82) is 0 Å². The van der Waals surface area contributed by atoms with Gasteiger partial charge in [-0.3, -0.25) is 75.9 Å². The van der Waals surface area contributed by atoms with Crippen molar-refractivity contribution in [3.8, 4) is 89.5 Å².